The smallest absolute Gasteiger partial charge is 0.407 e. The average Bonchev–Trinajstić information content (AvgIpc) is 3.39. The van der Waals surface area contributed by atoms with Crippen molar-refractivity contribution < 1.29 is 29.0 Å². The van der Waals surface area contributed by atoms with Crippen LogP contribution in [0.4, 0.5) is 4.79 Å². The maximum Gasteiger partial charge on any atom is 0.407 e. The van der Waals surface area contributed by atoms with Gasteiger partial charge in [0.1, 0.15) is 12.7 Å². The second kappa shape index (κ2) is 9.82. The molecule has 0 spiro atoms. The highest BCUT2D eigenvalue weighted by atomic mass is 16.5. The van der Waals surface area contributed by atoms with Crippen LogP contribution in [0.15, 0.2) is 48.5 Å². The van der Waals surface area contributed by atoms with E-state index in [1.54, 1.807) is 0 Å². The van der Waals surface area contributed by atoms with Gasteiger partial charge in [0.2, 0.25) is 5.91 Å². The lowest BCUT2D eigenvalue weighted by Gasteiger charge is -2.19. The molecule has 1 fully saturated rings. The summed E-state index contributed by atoms with van der Waals surface area (Å²) in [7, 11) is 0. The SMILES string of the molecule is O=C(O)CCNC(=O)[C@H]1OCC[C@H]1CNC(=O)OCC1c2ccccc2-c2ccccc21. The van der Waals surface area contributed by atoms with E-state index in [0.29, 0.717) is 13.0 Å². The molecule has 2 aromatic rings. The van der Waals surface area contributed by atoms with E-state index in [9.17, 15) is 14.4 Å². The largest absolute Gasteiger partial charge is 0.481 e. The molecule has 8 nitrogen and oxygen atoms in total. The fourth-order valence-corrected chi connectivity index (χ4v) is 4.39. The number of rotatable bonds is 8. The van der Waals surface area contributed by atoms with E-state index in [4.69, 9.17) is 14.6 Å². The van der Waals surface area contributed by atoms with E-state index in [1.165, 1.54) is 0 Å². The predicted molar refractivity (Wildman–Crippen MR) is 116 cm³/mol. The van der Waals surface area contributed by atoms with Crippen molar-refractivity contribution >= 4 is 18.0 Å². The van der Waals surface area contributed by atoms with Gasteiger partial charge in [-0.3, -0.25) is 9.59 Å². The zero-order valence-corrected chi connectivity index (χ0v) is 17.6. The van der Waals surface area contributed by atoms with Crippen LogP contribution in [-0.4, -0.2) is 55.5 Å². The monoisotopic (exact) mass is 438 g/mol. The number of carbonyl (C=O) groups excluding carboxylic acids is 2. The minimum absolute atomic E-state index is 0.0178. The number of carboxylic acids is 1. The Hall–Kier alpha value is -3.39. The molecule has 0 unspecified atom stereocenters. The van der Waals surface area contributed by atoms with Crippen molar-refractivity contribution in [1.29, 1.82) is 0 Å². The maximum atomic E-state index is 12.4. The molecule has 2 aliphatic rings. The first-order valence-corrected chi connectivity index (χ1v) is 10.7. The highest BCUT2D eigenvalue weighted by Gasteiger charge is 2.34. The third kappa shape index (κ3) is 4.75. The zero-order valence-electron chi connectivity index (χ0n) is 17.6. The van der Waals surface area contributed by atoms with Gasteiger partial charge in [0.25, 0.3) is 0 Å². The van der Waals surface area contributed by atoms with E-state index in [-0.39, 0.29) is 43.9 Å². The van der Waals surface area contributed by atoms with Crippen LogP contribution in [0.5, 0.6) is 0 Å². The number of ether oxygens (including phenoxy) is 2. The molecule has 0 bridgehead atoms. The molecule has 2 aromatic carbocycles. The number of carboxylic acid groups (broad SMARTS) is 1. The second-order valence-corrected chi connectivity index (χ2v) is 7.98. The first-order valence-electron chi connectivity index (χ1n) is 10.7. The summed E-state index contributed by atoms with van der Waals surface area (Å²) in [6.07, 6.45) is -0.775. The Morgan fingerprint density at radius 2 is 1.66 bits per heavy atom. The van der Waals surface area contributed by atoms with Crippen LogP contribution in [0.2, 0.25) is 0 Å². The van der Waals surface area contributed by atoms with Gasteiger partial charge in [-0.15, -0.1) is 0 Å². The predicted octanol–water partition coefficient (Wildman–Crippen LogP) is 2.52. The van der Waals surface area contributed by atoms with Crippen molar-refractivity contribution in [3.63, 3.8) is 0 Å². The van der Waals surface area contributed by atoms with Crippen LogP contribution in [0.1, 0.15) is 29.9 Å². The van der Waals surface area contributed by atoms with Crippen LogP contribution in [0.25, 0.3) is 11.1 Å². The number of aliphatic carboxylic acids is 1. The van der Waals surface area contributed by atoms with Crippen LogP contribution >= 0.6 is 0 Å². The lowest BCUT2D eigenvalue weighted by molar-refractivity contribution is -0.137. The Labute approximate surface area is 185 Å². The average molecular weight is 438 g/mol. The van der Waals surface area contributed by atoms with Crippen molar-refractivity contribution in [1.82, 2.24) is 10.6 Å². The Morgan fingerprint density at radius 1 is 1.00 bits per heavy atom. The molecule has 8 heteroatoms. The maximum absolute atomic E-state index is 12.4. The number of alkyl carbamates (subject to hydrolysis) is 1. The summed E-state index contributed by atoms with van der Waals surface area (Å²) in [6, 6.07) is 16.3. The molecule has 168 valence electrons. The molecule has 1 saturated heterocycles. The van der Waals surface area contributed by atoms with Crippen molar-refractivity contribution in [2.75, 3.05) is 26.3 Å². The molecule has 0 saturated carbocycles. The van der Waals surface area contributed by atoms with Crippen LogP contribution < -0.4 is 10.6 Å². The minimum atomic E-state index is -0.980. The van der Waals surface area contributed by atoms with Crippen LogP contribution in [0, 0.1) is 5.92 Å². The third-order valence-electron chi connectivity index (χ3n) is 5.96. The normalized spacial score (nSPS) is 19.1. The van der Waals surface area contributed by atoms with Crippen molar-refractivity contribution in [3.05, 3.63) is 59.7 Å². The molecule has 4 rings (SSSR count). The van der Waals surface area contributed by atoms with Gasteiger partial charge in [0, 0.05) is 31.5 Å². The number of benzene rings is 2. The standard InChI is InChI=1S/C24H26N2O6/c27-21(28)9-11-25-23(29)22-15(10-12-31-22)13-26-24(30)32-14-20-18-7-3-1-5-16(18)17-6-2-4-8-19(17)20/h1-8,15,20,22H,9-14H2,(H,25,29)(H,26,30)(H,27,28)/t15-,22-/m0/s1. The van der Waals surface area contributed by atoms with E-state index >= 15 is 0 Å². The molecule has 0 radical (unpaired) electrons. The zero-order chi connectivity index (χ0) is 22.5. The third-order valence-corrected chi connectivity index (χ3v) is 5.96. The van der Waals surface area contributed by atoms with Gasteiger partial charge in [-0.2, -0.15) is 0 Å². The van der Waals surface area contributed by atoms with Crippen LogP contribution in [-0.2, 0) is 19.1 Å². The fourth-order valence-electron chi connectivity index (χ4n) is 4.39. The summed E-state index contributed by atoms with van der Waals surface area (Å²) in [5, 5.41) is 14.0. The highest BCUT2D eigenvalue weighted by Crippen LogP contribution is 2.44. The van der Waals surface area contributed by atoms with Crippen molar-refractivity contribution in [2.24, 2.45) is 5.92 Å². The quantitative estimate of drug-likeness (QED) is 0.584. The van der Waals surface area contributed by atoms with Gasteiger partial charge in [0.05, 0.1) is 6.42 Å². The molecule has 1 aliphatic carbocycles. The Morgan fingerprint density at radius 3 is 2.31 bits per heavy atom. The molecule has 2 atom stereocenters. The number of hydrogen-bond acceptors (Lipinski definition) is 5. The van der Waals surface area contributed by atoms with Crippen molar-refractivity contribution in [2.45, 2.75) is 24.9 Å². The summed E-state index contributed by atoms with van der Waals surface area (Å²) in [4.78, 5) is 35.2. The lowest BCUT2D eigenvalue weighted by atomic mass is 9.98. The summed E-state index contributed by atoms with van der Waals surface area (Å²) in [5.74, 6) is -1.55. The molecular weight excluding hydrogens is 412 g/mol. The van der Waals surface area contributed by atoms with Gasteiger partial charge in [0.15, 0.2) is 0 Å². The first kappa shape index (κ1) is 21.8. The molecular formula is C24H26N2O6. The van der Waals surface area contributed by atoms with Gasteiger partial charge in [-0.1, -0.05) is 48.5 Å². The molecule has 32 heavy (non-hydrogen) atoms. The number of hydrogen-bond donors (Lipinski definition) is 3. The molecule has 2 amide bonds. The number of carbonyl (C=O) groups is 3. The lowest BCUT2D eigenvalue weighted by Crippen LogP contribution is -2.42. The van der Waals surface area contributed by atoms with Gasteiger partial charge in [-0.25, -0.2) is 4.79 Å². The van der Waals surface area contributed by atoms with Gasteiger partial charge in [-0.05, 0) is 28.7 Å². The Bertz CT molecular complexity index is 962. The highest BCUT2D eigenvalue weighted by molar-refractivity contribution is 5.82. The molecule has 3 N–H and O–H groups in total. The summed E-state index contributed by atoms with van der Waals surface area (Å²) in [5.41, 5.74) is 4.61. The van der Waals surface area contributed by atoms with E-state index in [2.05, 4.69) is 34.9 Å². The number of nitrogens with one attached hydrogen (secondary N) is 2. The van der Waals surface area contributed by atoms with Gasteiger partial charge < -0.3 is 25.2 Å². The summed E-state index contributed by atoms with van der Waals surface area (Å²) < 4.78 is 11.0. The Balaban J connectivity index is 1.28. The van der Waals surface area contributed by atoms with E-state index < -0.39 is 18.2 Å². The molecule has 1 heterocycles. The van der Waals surface area contributed by atoms with Gasteiger partial charge >= 0.3 is 12.1 Å². The molecule has 1 aliphatic heterocycles. The first-order chi connectivity index (χ1) is 15.5. The Kier molecular flexibility index (Phi) is 6.70. The van der Waals surface area contributed by atoms with Crippen molar-refractivity contribution in [3.8, 4) is 11.1 Å². The number of amides is 2. The second-order valence-electron chi connectivity index (χ2n) is 7.98. The molecule has 0 aromatic heterocycles. The fraction of sp³-hybridized carbons (Fsp3) is 0.375. The van der Waals surface area contributed by atoms with Crippen LogP contribution in [0.3, 0.4) is 0 Å². The summed E-state index contributed by atoms with van der Waals surface area (Å²) in [6.45, 7) is 0.919. The number of fused-ring (bicyclic) bond motifs is 3. The topological polar surface area (TPSA) is 114 Å². The van der Waals surface area contributed by atoms with E-state index in [0.717, 1.165) is 22.3 Å². The summed E-state index contributed by atoms with van der Waals surface area (Å²) >= 11 is 0. The minimum Gasteiger partial charge on any atom is -0.481 e. The van der Waals surface area contributed by atoms with E-state index in [1.807, 2.05) is 24.3 Å².